The summed E-state index contributed by atoms with van der Waals surface area (Å²) >= 11 is 0. The topological polar surface area (TPSA) is 107 Å². The molecule has 0 aliphatic carbocycles. The van der Waals surface area contributed by atoms with Crippen LogP contribution in [0, 0.1) is 0 Å². The molecule has 1 aliphatic rings. The summed E-state index contributed by atoms with van der Waals surface area (Å²) < 4.78 is 5.17. The number of fused-ring (bicyclic) bond motifs is 1. The van der Waals surface area contributed by atoms with Gasteiger partial charge in [-0.2, -0.15) is 5.10 Å². The highest BCUT2D eigenvalue weighted by molar-refractivity contribution is 5.80. The predicted molar refractivity (Wildman–Crippen MR) is 128 cm³/mol. The largest absolute Gasteiger partial charge is 0.450 e. The molecule has 4 heterocycles. The molecule has 1 saturated heterocycles. The van der Waals surface area contributed by atoms with Gasteiger partial charge in [0.1, 0.15) is 0 Å². The average Bonchev–Trinajstić information content (AvgIpc) is 3.35. The van der Waals surface area contributed by atoms with E-state index in [1.165, 1.54) is 0 Å². The maximum absolute atomic E-state index is 13.1. The van der Waals surface area contributed by atoms with E-state index in [1.807, 2.05) is 42.6 Å². The van der Waals surface area contributed by atoms with Crippen molar-refractivity contribution in [3.05, 3.63) is 82.5 Å². The van der Waals surface area contributed by atoms with E-state index in [0.717, 1.165) is 22.0 Å². The summed E-state index contributed by atoms with van der Waals surface area (Å²) in [6, 6.07) is 13.5. The lowest BCUT2D eigenvalue weighted by Gasteiger charge is -2.39. The molecule has 5 rings (SSSR count). The van der Waals surface area contributed by atoms with E-state index in [9.17, 15) is 9.59 Å². The number of rotatable bonds is 5. The predicted octanol–water partition coefficient (Wildman–Crippen LogP) is 3.18. The van der Waals surface area contributed by atoms with Crippen LogP contribution in [0.25, 0.3) is 22.2 Å². The Morgan fingerprint density at radius 2 is 1.88 bits per heavy atom. The second kappa shape index (κ2) is 9.48. The van der Waals surface area contributed by atoms with Crippen molar-refractivity contribution in [1.29, 1.82) is 0 Å². The van der Waals surface area contributed by atoms with Gasteiger partial charge in [-0.1, -0.05) is 6.07 Å². The molecule has 0 bridgehead atoms. The first-order valence-electron chi connectivity index (χ1n) is 11.4. The molecule has 0 saturated carbocycles. The normalized spacial score (nSPS) is 15.4. The number of pyridine rings is 1. The van der Waals surface area contributed by atoms with Crippen molar-refractivity contribution in [2.24, 2.45) is 0 Å². The number of amides is 1. The first kappa shape index (κ1) is 21.8. The van der Waals surface area contributed by atoms with Crippen molar-refractivity contribution < 1.29 is 9.53 Å². The Labute approximate surface area is 196 Å². The van der Waals surface area contributed by atoms with Gasteiger partial charge >= 0.3 is 6.09 Å². The van der Waals surface area contributed by atoms with E-state index in [2.05, 4.69) is 31.1 Å². The van der Waals surface area contributed by atoms with Crippen molar-refractivity contribution >= 4 is 17.0 Å². The Kier molecular flexibility index (Phi) is 6.09. The third kappa shape index (κ3) is 4.29. The lowest BCUT2D eigenvalue weighted by molar-refractivity contribution is 0.0713. The molecular formula is C25H26N6O3. The summed E-state index contributed by atoms with van der Waals surface area (Å²) in [7, 11) is 0. The Morgan fingerprint density at radius 1 is 1.09 bits per heavy atom. The first-order valence-corrected chi connectivity index (χ1v) is 11.4. The smallest absolute Gasteiger partial charge is 0.409 e. The Hall–Kier alpha value is -3.98. The van der Waals surface area contributed by atoms with Crippen LogP contribution in [0.3, 0.4) is 0 Å². The molecule has 2 N–H and O–H groups in total. The van der Waals surface area contributed by atoms with Gasteiger partial charge < -0.3 is 14.6 Å². The molecule has 1 atom stereocenters. The van der Waals surface area contributed by atoms with Gasteiger partial charge in [0.15, 0.2) is 0 Å². The highest BCUT2D eigenvalue weighted by Gasteiger charge is 2.30. The number of carbonyl (C=O) groups excluding carboxylic acids is 1. The van der Waals surface area contributed by atoms with Crippen LogP contribution in [0.2, 0.25) is 0 Å². The zero-order valence-electron chi connectivity index (χ0n) is 18.9. The van der Waals surface area contributed by atoms with Crippen LogP contribution in [-0.4, -0.2) is 68.8 Å². The van der Waals surface area contributed by atoms with Crippen molar-refractivity contribution in [3.63, 3.8) is 0 Å². The summed E-state index contributed by atoms with van der Waals surface area (Å²) in [6.07, 6.45) is 5.01. The van der Waals surface area contributed by atoms with Crippen LogP contribution >= 0.6 is 0 Å². The SMILES string of the molecule is CCOC(=O)N1CCN(C(c2ccc3[nH]ccc3c2)c2cc(-c3ccncc3)n[nH]c2=O)CC1. The molecule has 1 amide bonds. The van der Waals surface area contributed by atoms with Crippen LogP contribution in [0.5, 0.6) is 0 Å². The second-order valence-corrected chi connectivity index (χ2v) is 8.22. The van der Waals surface area contributed by atoms with Gasteiger partial charge in [-0.3, -0.25) is 14.7 Å². The van der Waals surface area contributed by atoms with Gasteiger partial charge in [0, 0.05) is 61.4 Å². The fraction of sp³-hybridized carbons (Fsp3) is 0.280. The van der Waals surface area contributed by atoms with Crippen molar-refractivity contribution in [3.8, 4) is 11.3 Å². The number of aromatic amines is 2. The molecule has 3 aromatic heterocycles. The molecule has 34 heavy (non-hydrogen) atoms. The molecule has 9 heteroatoms. The average molecular weight is 459 g/mol. The number of piperazine rings is 1. The van der Waals surface area contributed by atoms with Crippen molar-refractivity contribution in [1.82, 2.24) is 30.0 Å². The van der Waals surface area contributed by atoms with Crippen molar-refractivity contribution in [2.75, 3.05) is 32.8 Å². The zero-order chi connectivity index (χ0) is 23.5. The van der Waals surface area contributed by atoms with Crippen LogP contribution in [0.1, 0.15) is 24.1 Å². The number of ether oxygens (including phenoxy) is 1. The number of benzene rings is 1. The molecule has 1 aliphatic heterocycles. The third-order valence-corrected chi connectivity index (χ3v) is 6.20. The second-order valence-electron chi connectivity index (χ2n) is 8.22. The Balaban J connectivity index is 1.54. The van der Waals surface area contributed by atoms with Gasteiger partial charge in [0.25, 0.3) is 5.56 Å². The molecule has 0 radical (unpaired) electrons. The van der Waals surface area contributed by atoms with Crippen LogP contribution in [0.15, 0.2) is 65.8 Å². The van der Waals surface area contributed by atoms with Gasteiger partial charge in [-0.15, -0.1) is 0 Å². The molecule has 4 aromatic rings. The monoisotopic (exact) mass is 458 g/mol. The van der Waals surface area contributed by atoms with Crippen LogP contribution in [0.4, 0.5) is 4.79 Å². The van der Waals surface area contributed by atoms with E-state index < -0.39 is 0 Å². The van der Waals surface area contributed by atoms with Crippen LogP contribution < -0.4 is 5.56 Å². The minimum Gasteiger partial charge on any atom is -0.450 e. The molecule has 1 aromatic carbocycles. The summed E-state index contributed by atoms with van der Waals surface area (Å²) in [4.78, 5) is 36.5. The molecule has 0 spiro atoms. The summed E-state index contributed by atoms with van der Waals surface area (Å²) in [5, 5.41) is 8.03. The number of nitrogens with one attached hydrogen (secondary N) is 2. The summed E-state index contributed by atoms with van der Waals surface area (Å²) in [6.45, 7) is 4.44. The van der Waals surface area contributed by atoms with Crippen LogP contribution in [-0.2, 0) is 4.74 Å². The van der Waals surface area contributed by atoms with Crippen molar-refractivity contribution in [2.45, 2.75) is 13.0 Å². The van der Waals surface area contributed by atoms with E-state index >= 15 is 0 Å². The van der Waals surface area contributed by atoms with E-state index in [4.69, 9.17) is 4.74 Å². The minimum atomic E-state index is -0.297. The quantitative estimate of drug-likeness (QED) is 0.476. The minimum absolute atomic E-state index is 0.232. The molecule has 174 valence electrons. The summed E-state index contributed by atoms with van der Waals surface area (Å²) in [5.74, 6) is 0. The molecule has 1 fully saturated rings. The number of H-pyrrole nitrogens is 2. The van der Waals surface area contributed by atoms with Gasteiger partial charge in [-0.25, -0.2) is 9.89 Å². The number of hydrogen-bond acceptors (Lipinski definition) is 6. The van der Waals surface area contributed by atoms with Gasteiger partial charge in [0.2, 0.25) is 0 Å². The number of aromatic nitrogens is 4. The molecule has 1 unspecified atom stereocenters. The van der Waals surface area contributed by atoms with E-state index in [0.29, 0.717) is 44.0 Å². The fourth-order valence-electron chi connectivity index (χ4n) is 4.50. The highest BCUT2D eigenvalue weighted by atomic mass is 16.6. The Bertz CT molecular complexity index is 1340. The summed E-state index contributed by atoms with van der Waals surface area (Å²) in [5.41, 5.74) is 3.98. The maximum Gasteiger partial charge on any atom is 0.409 e. The maximum atomic E-state index is 13.1. The van der Waals surface area contributed by atoms with E-state index in [1.54, 1.807) is 24.2 Å². The first-order chi connectivity index (χ1) is 16.6. The lowest BCUT2D eigenvalue weighted by Crippen LogP contribution is -2.50. The fourth-order valence-corrected chi connectivity index (χ4v) is 4.50. The standard InChI is InChI=1S/C25H26N6O3/c1-2-34-25(33)31-13-11-30(12-14-31)23(19-3-4-21-18(15-19)7-10-27-21)20-16-22(28-29-24(20)32)17-5-8-26-9-6-17/h3-10,15-16,23,27H,2,11-14H2,1H3,(H,29,32). The van der Waals surface area contributed by atoms with E-state index in [-0.39, 0.29) is 17.7 Å². The van der Waals surface area contributed by atoms with Gasteiger partial charge in [-0.05, 0) is 54.3 Å². The third-order valence-electron chi connectivity index (χ3n) is 6.20. The number of nitrogens with zero attached hydrogens (tertiary/aromatic N) is 4. The van der Waals surface area contributed by atoms with Gasteiger partial charge in [0.05, 0.1) is 18.3 Å². The molecule has 9 nitrogen and oxygen atoms in total. The number of carbonyl (C=O) groups is 1. The zero-order valence-corrected chi connectivity index (χ0v) is 18.9. The molecular weight excluding hydrogens is 432 g/mol. The lowest BCUT2D eigenvalue weighted by atomic mass is 9.95. The number of hydrogen-bond donors (Lipinski definition) is 2. The Morgan fingerprint density at radius 3 is 2.65 bits per heavy atom. The highest BCUT2D eigenvalue weighted by Crippen LogP contribution is 2.31.